The quantitative estimate of drug-likeness (QED) is 0.733. The van der Waals surface area contributed by atoms with Crippen LogP contribution in [0.2, 0.25) is 0 Å². The van der Waals surface area contributed by atoms with E-state index in [9.17, 15) is 0 Å². The third-order valence-corrected chi connectivity index (χ3v) is 4.86. The highest BCUT2D eigenvalue weighted by Crippen LogP contribution is 2.38. The fraction of sp³-hybridized carbons (Fsp3) is 0.857. The minimum atomic E-state index is -0.193. The van der Waals surface area contributed by atoms with Gasteiger partial charge in [-0.2, -0.15) is 0 Å². The van der Waals surface area contributed by atoms with Crippen LogP contribution in [0.3, 0.4) is 0 Å². The molecule has 0 bridgehead atoms. The topological polar surface area (TPSA) is 30.5 Å². The summed E-state index contributed by atoms with van der Waals surface area (Å²) in [6.45, 7) is 8.80. The number of fused-ring (bicyclic) bond motifs is 1. The molecule has 0 unspecified atom stereocenters. The van der Waals surface area contributed by atoms with E-state index in [1.54, 1.807) is 0 Å². The van der Waals surface area contributed by atoms with Crippen molar-refractivity contribution in [2.24, 2.45) is 0 Å². The predicted molar refractivity (Wildman–Crippen MR) is 91.0 cm³/mol. The van der Waals surface area contributed by atoms with Crippen LogP contribution in [-0.4, -0.2) is 31.6 Å². The predicted octanol–water partition coefficient (Wildman–Crippen LogP) is 3.09. The van der Waals surface area contributed by atoms with E-state index in [-0.39, 0.29) is 11.3 Å². The first-order chi connectivity index (χ1) is 9.38. The van der Waals surface area contributed by atoms with Crippen molar-refractivity contribution in [3.63, 3.8) is 0 Å². The van der Waals surface area contributed by atoms with Gasteiger partial charge in [-0.25, -0.2) is 10.0 Å². The van der Waals surface area contributed by atoms with Crippen molar-refractivity contribution in [2.75, 3.05) is 0 Å². The molecule has 2 saturated heterocycles. The van der Waals surface area contributed by atoms with Crippen molar-refractivity contribution >= 4 is 34.7 Å². The second-order valence-electron chi connectivity index (χ2n) is 6.24. The van der Waals surface area contributed by atoms with E-state index in [1.165, 1.54) is 12.8 Å². The second kappa shape index (κ2) is 5.64. The first-order valence-electron chi connectivity index (χ1n) is 7.62. The van der Waals surface area contributed by atoms with E-state index in [4.69, 9.17) is 24.4 Å². The summed E-state index contributed by atoms with van der Waals surface area (Å²) in [7, 11) is 0. The molecule has 2 atom stereocenters. The molecule has 0 amide bonds. The van der Waals surface area contributed by atoms with Gasteiger partial charge in [-0.05, 0) is 64.0 Å². The minimum absolute atomic E-state index is 0.193. The van der Waals surface area contributed by atoms with Gasteiger partial charge in [-0.3, -0.25) is 0 Å². The van der Waals surface area contributed by atoms with E-state index in [1.807, 2.05) is 0 Å². The molecule has 6 heteroatoms. The molecule has 0 saturated carbocycles. The number of nitrogens with one attached hydrogen (secondary N) is 2. The molecular formula is C14H26N4S2. The molecule has 0 aromatic rings. The fourth-order valence-electron chi connectivity index (χ4n) is 3.12. The number of thiocarbonyl (C=S) groups is 2. The van der Waals surface area contributed by atoms with Crippen LogP contribution in [0.25, 0.3) is 0 Å². The Labute approximate surface area is 133 Å². The summed E-state index contributed by atoms with van der Waals surface area (Å²) < 4.78 is 0. The number of rotatable bonds is 6. The Morgan fingerprint density at radius 2 is 1.20 bits per heavy atom. The van der Waals surface area contributed by atoms with E-state index in [2.05, 4.69) is 48.3 Å². The average Bonchev–Trinajstić information content (AvgIpc) is 2.81. The van der Waals surface area contributed by atoms with E-state index >= 15 is 0 Å². The zero-order chi connectivity index (χ0) is 15.0. The second-order valence-corrected chi connectivity index (χ2v) is 7.01. The van der Waals surface area contributed by atoms with Gasteiger partial charge in [0.25, 0.3) is 0 Å². The molecule has 2 aliphatic heterocycles. The van der Waals surface area contributed by atoms with Crippen LogP contribution in [0.4, 0.5) is 0 Å². The molecule has 0 radical (unpaired) electrons. The van der Waals surface area contributed by atoms with Crippen molar-refractivity contribution in [3.8, 4) is 0 Å². The molecule has 4 nitrogen and oxygen atoms in total. The summed E-state index contributed by atoms with van der Waals surface area (Å²) in [6, 6.07) is 0. The van der Waals surface area contributed by atoms with Crippen LogP contribution in [0, 0.1) is 0 Å². The standard InChI is InChI=1S/C14H26N4S2/c1-5-7-9-13(3)15-11(19)18-14(4,10-8-6-2)16-12(20)17(13)18/h5-10H2,1-4H3,(H,15,19)(H,16,20)/t13-,14-/m0/s1. The summed E-state index contributed by atoms with van der Waals surface area (Å²) in [5.74, 6) is 0. The molecule has 0 aliphatic carbocycles. The maximum Gasteiger partial charge on any atom is 0.192 e. The normalized spacial score (nSPS) is 32.4. The third kappa shape index (κ3) is 2.48. The van der Waals surface area contributed by atoms with Crippen LogP contribution < -0.4 is 10.6 Å². The van der Waals surface area contributed by atoms with E-state index in [0.29, 0.717) is 0 Å². The summed E-state index contributed by atoms with van der Waals surface area (Å²) >= 11 is 11.2. The monoisotopic (exact) mass is 314 g/mol. The lowest BCUT2D eigenvalue weighted by Crippen LogP contribution is -2.52. The van der Waals surface area contributed by atoms with Gasteiger partial charge in [0, 0.05) is 0 Å². The molecule has 2 heterocycles. The van der Waals surface area contributed by atoms with Gasteiger partial charge in [-0.1, -0.05) is 26.7 Å². The van der Waals surface area contributed by atoms with Crippen molar-refractivity contribution in [1.29, 1.82) is 0 Å². The Morgan fingerprint density at radius 3 is 1.50 bits per heavy atom. The molecule has 2 N–H and O–H groups in total. The highest BCUT2D eigenvalue weighted by Gasteiger charge is 2.56. The smallest absolute Gasteiger partial charge is 0.192 e. The van der Waals surface area contributed by atoms with Crippen molar-refractivity contribution in [1.82, 2.24) is 20.7 Å². The molecule has 2 rings (SSSR count). The van der Waals surface area contributed by atoms with Gasteiger partial charge < -0.3 is 10.6 Å². The molecule has 20 heavy (non-hydrogen) atoms. The van der Waals surface area contributed by atoms with Crippen molar-refractivity contribution in [3.05, 3.63) is 0 Å². The number of hydrogen-bond acceptors (Lipinski definition) is 2. The lowest BCUT2D eigenvalue weighted by Gasteiger charge is -2.37. The Kier molecular flexibility index (Phi) is 4.44. The van der Waals surface area contributed by atoms with Crippen molar-refractivity contribution in [2.45, 2.75) is 77.5 Å². The van der Waals surface area contributed by atoms with Gasteiger partial charge in [-0.15, -0.1) is 0 Å². The first-order valence-corrected chi connectivity index (χ1v) is 8.44. The van der Waals surface area contributed by atoms with Crippen LogP contribution in [0.5, 0.6) is 0 Å². The highest BCUT2D eigenvalue weighted by atomic mass is 32.1. The molecule has 2 fully saturated rings. The van der Waals surface area contributed by atoms with Crippen molar-refractivity contribution < 1.29 is 0 Å². The zero-order valence-electron chi connectivity index (χ0n) is 13.0. The molecule has 114 valence electrons. The van der Waals surface area contributed by atoms with E-state index < -0.39 is 0 Å². The first kappa shape index (κ1) is 15.8. The van der Waals surface area contributed by atoms with E-state index in [0.717, 1.165) is 35.9 Å². The largest absolute Gasteiger partial charge is 0.337 e. The maximum absolute atomic E-state index is 5.58. The molecular weight excluding hydrogens is 288 g/mol. The summed E-state index contributed by atoms with van der Waals surface area (Å²) in [5, 5.41) is 12.9. The Morgan fingerprint density at radius 1 is 0.850 bits per heavy atom. The van der Waals surface area contributed by atoms with Gasteiger partial charge in [0.2, 0.25) is 0 Å². The number of hydrogen-bond donors (Lipinski definition) is 2. The lowest BCUT2D eigenvalue weighted by atomic mass is 10.1. The summed E-state index contributed by atoms with van der Waals surface area (Å²) in [6.07, 6.45) is 6.73. The van der Waals surface area contributed by atoms with Gasteiger partial charge in [0.05, 0.1) is 0 Å². The third-order valence-electron chi connectivity index (χ3n) is 4.31. The van der Waals surface area contributed by atoms with Crippen LogP contribution in [0.15, 0.2) is 0 Å². The average molecular weight is 315 g/mol. The minimum Gasteiger partial charge on any atom is -0.337 e. The van der Waals surface area contributed by atoms with Crippen LogP contribution in [-0.2, 0) is 0 Å². The Bertz CT molecular complexity index is 376. The Balaban J connectivity index is 2.25. The molecule has 2 aliphatic rings. The summed E-state index contributed by atoms with van der Waals surface area (Å²) in [4.78, 5) is 0. The molecule has 0 aromatic carbocycles. The molecule has 0 spiro atoms. The van der Waals surface area contributed by atoms with Crippen LogP contribution >= 0.6 is 24.4 Å². The SMILES string of the molecule is CCCC[C@@]1(C)NC(=S)N2N1C(=S)N[C@]2(C)CCCC. The fourth-order valence-corrected chi connectivity index (χ4v) is 4.13. The highest BCUT2D eigenvalue weighted by molar-refractivity contribution is 7.80. The van der Waals surface area contributed by atoms with Gasteiger partial charge >= 0.3 is 0 Å². The maximum atomic E-state index is 5.58. The number of unbranched alkanes of at least 4 members (excludes halogenated alkanes) is 2. The number of hydrazine groups is 1. The zero-order valence-corrected chi connectivity index (χ0v) is 14.6. The molecule has 0 aromatic heterocycles. The van der Waals surface area contributed by atoms with Gasteiger partial charge in [0.1, 0.15) is 11.3 Å². The Hall–Kier alpha value is -0.620. The summed E-state index contributed by atoms with van der Waals surface area (Å²) in [5.41, 5.74) is -0.387. The van der Waals surface area contributed by atoms with Crippen LogP contribution in [0.1, 0.15) is 66.2 Å². The number of nitrogens with zero attached hydrogens (tertiary/aromatic N) is 2. The van der Waals surface area contributed by atoms with Gasteiger partial charge in [0.15, 0.2) is 10.2 Å². The lowest BCUT2D eigenvalue weighted by molar-refractivity contribution is 0.00621.